The number of amides is 2. The summed E-state index contributed by atoms with van der Waals surface area (Å²) in [7, 11) is 0. The molecular weight excluding hydrogens is 499 g/mol. The fraction of sp³-hybridized carbons (Fsp3) is 0.357. The molecule has 36 heavy (non-hydrogen) atoms. The number of nitrogens with zero attached hydrogens (tertiary/aromatic N) is 2. The van der Waals surface area contributed by atoms with Gasteiger partial charge < -0.3 is 14.5 Å². The first-order valence-corrected chi connectivity index (χ1v) is 13.4. The van der Waals surface area contributed by atoms with E-state index < -0.39 is 5.82 Å². The van der Waals surface area contributed by atoms with E-state index in [4.69, 9.17) is 16.3 Å². The highest BCUT2D eigenvalue weighted by atomic mass is 35.5. The van der Waals surface area contributed by atoms with Gasteiger partial charge >= 0.3 is 0 Å². The van der Waals surface area contributed by atoms with Gasteiger partial charge in [0.2, 0.25) is 5.91 Å². The fourth-order valence-electron chi connectivity index (χ4n) is 4.31. The van der Waals surface area contributed by atoms with E-state index >= 15 is 0 Å². The number of carbonyl (C=O) groups excluding carboxylic acids is 2. The summed E-state index contributed by atoms with van der Waals surface area (Å²) >= 11 is 7.67. The third-order valence-corrected chi connectivity index (χ3v) is 7.55. The van der Waals surface area contributed by atoms with E-state index in [9.17, 15) is 14.0 Å². The summed E-state index contributed by atoms with van der Waals surface area (Å²) in [6.07, 6.45) is 1.51. The maximum Gasteiger partial charge on any atom is 0.254 e. The molecule has 2 aromatic carbocycles. The van der Waals surface area contributed by atoms with Crippen LogP contribution in [0.4, 0.5) is 4.39 Å². The van der Waals surface area contributed by atoms with E-state index in [0.29, 0.717) is 36.4 Å². The van der Waals surface area contributed by atoms with Crippen molar-refractivity contribution in [3.05, 3.63) is 86.8 Å². The zero-order valence-corrected chi connectivity index (χ0v) is 22.0. The number of fused-ring (bicyclic) bond motifs is 1. The first-order valence-electron chi connectivity index (χ1n) is 12.1. The molecule has 1 aliphatic rings. The maximum absolute atomic E-state index is 13.8. The summed E-state index contributed by atoms with van der Waals surface area (Å²) < 4.78 is 19.9. The molecule has 5 nitrogen and oxygen atoms in total. The van der Waals surface area contributed by atoms with Crippen molar-refractivity contribution < 1.29 is 18.7 Å². The van der Waals surface area contributed by atoms with Gasteiger partial charge in [0, 0.05) is 28.6 Å². The topological polar surface area (TPSA) is 49.9 Å². The second-order valence-electron chi connectivity index (χ2n) is 9.34. The molecule has 0 bridgehead atoms. The van der Waals surface area contributed by atoms with Gasteiger partial charge in [0.1, 0.15) is 24.7 Å². The maximum atomic E-state index is 13.8. The molecule has 0 saturated carbocycles. The minimum Gasteiger partial charge on any atom is -0.491 e. The minimum atomic E-state index is -0.476. The van der Waals surface area contributed by atoms with Crippen LogP contribution in [0.5, 0.6) is 5.75 Å². The Labute approximate surface area is 220 Å². The van der Waals surface area contributed by atoms with Crippen LogP contribution in [0.15, 0.2) is 60.0 Å². The van der Waals surface area contributed by atoms with Gasteiger partial charge in [0.25, 0.3) is 5.91 Å². The minimum absolute atomic E-state index is 0.0705. The number of hydrogen-bond donors (Lipinski definition) is 0. The van der Waals surface area contributed by atoms with Gasteiger partial charge in [-0.3, -0.25) is 9.59 Å². The normalized spacial score (nSPS) is 15.0. The van der Waals surface area contributed by atoms with Crippen LogP contribution < -0.4 is 4.74 Å². The van der Waals surface area contributed by atoms with Crippen molar-refractivity contribution in [2.75, 3.05) is 26.2 Å². The molecule has 0 spiro atoms. The lowest BCUT2D eigenvalue weighted by Gasteiger charge is -2.37. The van der Waals surface area contributed by atoms with Crippen molar-refractivity contribution in [2.45, 2.75) is 32.7 Å². The molecule has 3 aromatic rings. The monoisotopic (exact) mass is 528 g/mol. The van der Waals surface area contributed by atoms with E-state index in [1.165, 1.54) is 28.0 Å². The molecule has 0 fully saturated rings. The average molecular weight is 529 g/mol. The molecule has 0 unspecified atom stereocenters. The second kappa shape index (κ2) is 11.9. The van der Waals surface area contributed by atoms with E-state index in [2.05, 4.69) is 13.8 Å². The molecule has 4 rings (SSSR count). The molecular formula is C28H30ClFN2O3S. The van der Waals surface area contributed by atoms with Crippen molar-refractivity contribution in [2.24, 2.45) is 5.92 Å². The van der Waals surface area contributed by atoms with Crippen LogP contribution in [0.25, 0.3) is 0 Å². The molecule has 1 aromatic heterocycles. The summed E-state index contributed by atoms with van der Waals surface area (Å²) in [5.74, 6) is 0.0629. The third kappa shape index (κ3) is 6.45. The van der Waals surface area contributed by atoms with Gasteiger partial charge in [0.05, 0.1) is 6.04 Å². The SMILES string of the molecule is CC(C)CCN(CC(=O)N1CCc2sccc2[C@@H]1COc1ccc(Cl)cc1)C(=O)c1cccc(F)c1. The lowest BCUT2D eigenvalue weighted by atomic mass is 10.00. The van der Waals surface area contributed by atoms with E-state index in [0.717, 1.165) is 18.4 Å². The lowest BCUT2D eigenvalue weighted by molar-refractivity contribution is -0.135. The van der Waals surface area contributed by atoms with Crippen LogP contribution in [-0.2, 0) is 11.2 Å². The largest absolute Gasteiger partial charge is 0.491 e. The molecule has 8 heteroatoms. The number of benzene rings is 2. The van der Waals surface area contributed by atoms with Crippen molar-refractivity contribution in [3.63, 3.8) is 0 Å². The molecule has 1 aliphatic heterocycles. The number of hydrogen-bond acceptors (Lipinski definition) is 4. The Kier molecular flexibility index (Phi) is 8.64. The van der Waals surface area contributed by atoms with Crippen LogP contribution in [0, 0.1) is 11.7 Å². The molecule has 1 atom stereocenters. The first kappa shape index (κ1) is 26.2. The van der Waals surface area contributed by atoms with Crippen molar-refractivity contribution in [3.8, 4) is 5.75 Å². The Morgan fingerprint density at radius 3 is 2.69 bits per heavy atom. The van der Waals surface area contributed by atoms with Gasteiger partial charge in [0.15, 0.2) is 0 Å². The van der Waals surface area contributed by atoms with Crippen molar-refractivity contribution in [1.82, 2.24) is 9.80 Å². The predicted octanol–water partition coefficient (Wildman–Crippen LogP) is 6.23. The van der Waals surface area contributed by atoms with Crippen LogP contribution in [-0.4, -0.2) is 47.9 Å². The number of ether oxygens (including phenoxy) is 1. The Morgan fingerprint density at radius 1 is 1.19 bits per heavy atom. The predicted molar refractivity (Wildman–Crippen MR) is 141 cm³/mol. The van der Waals surface area contributed by atoms with Crippen LogP contribution >= 0.6 is 22.9 Å². The molecule has 2 heterocycles. The average Bonchev–Trinajstić information content (AvgIpc) is 3.34. The first-order chi connectivity index (χ1) is 17.3. The summed E-state index contributed by atoms with van der Waals surface area (Å²) in [6.45, 7) is 5.33. The third-order valence-electron chi connectivity index (χ3n) is 6.30. The smallest absolute Gasteiger partial charge is 0.254 e. The Morgan fingerprint density at radius 2 is 1.97 bits per heavy atom. The van der Waals surface area contributed by atoms with Gasteiger partial charge in [-0.05, 0) is 78.2 Å². The Balaban J connectivity index is 1.53. The number of rotatable bonds is 9. The van der Waals surface area contributed by atoms with E-state index in [-0.39, 0.29) is 30.0 Å². The van der Waals surface area contributed by atoms with Gasteiger partial charge in [-0.15, -0.1) is 11.3 Å². The molecule has 0 radical (unpaired) electrons. The Hall–Kier alpha value is -2.90. The van der Waals surface area contributed by atoms with Crippen molar-refractivity contribution in [1.29, 1.82) is 0 Å². The van der Waals surface area contributed by atoms with Crippen LogP contribution in [0.3, 0.4) is 0 Å². The van der Waals surface area contributed by atoms with E-state index in [1.54, 1.807) is 41.7 Å². The van der Waals surface area contributed by atoms with Crippen LogP contribution in [0.2, 0.25) is 5.02 Å². The second-order valence-corrected chi connectivity index (χ2v) is 10.8. The van der Waals surface area contributed by atoms with Gasteiger partial charge in [-0.25, -0.2) is 4.39 Å². The van der Waals surface area contributed by atoms with Crippen molar-refractivity contribution >= 4 is 34.8 Å². The lowest BCUT2D eigenvalue weighted by Crippen LogP contribution is -2.48. The zero-order chi connectivity index (χ0) is 25.7. The summed E-state index contributed by atoms with van der Waals surface area (Å²) in [4.78, 5) is 31.5. The fourth-order valence-corrected chi connectivity index (χ4v) is 5.36. The Bertz CT molecular complexity index is 1200. The highest BCUT2D eigenvalue weighted by Gasteiger charge is 2.33. The number of carbonyl (C=O) groups is 2. The molecule has 0 N–H and O–H groups in total. The molecule has 0 aliphatic carbocycles. The quantitative estimate of drug-likeness (QED) is 0.330. The summed E-state index contributed by atoms with van der Waals surface area (Å²) in [6, 6.07) is 14.5. The van der Waals surface area contributed by atoms with Crippen LogP contribution in [0.1, 0.15) is 47.1 Å². The summed E-state index contributed by atoms with van der Waals surface area (Å²) in [5.41, 5.74) is 1.33. The molecule has 190 valence electrons. The molecule has 2 amide bonds. The number of halogens is 2. The van der Waals surface area contributed by atoms with E-state index in [1.807, 2.05) is 16.3 Å². The molecule has 0 saturated heterocycles. The highest BCUT2D eigenvalue weighted by molar-refractivity contribution is 7.10. The van der Waals surface area contributed by atoms with Gasteiger partial charge in [-0.2, -0.15) is 0 Å². The highest BCUT2D eigenvalue weighted by Crippen LogP contribution is 2.34. The zero-order valence-electron chi connectivity index (χ0n) is 20.5. The summed E-state index contributed by atoms with van der Waals surface area (Å²) in [5, 5.41) is 2.66. The van der Waals surface area contributed by atoms with Gasteiger partial charge in [-0.1, -0.05) is 31.5 Å². The number of thiophene rings is 1. The standard InChI is InChI=1S/C28H30ClFN2O3S/c1-19(2)10-13-31(28(34)20-4-3-5-22(30)16-20)17-27(33)32-14-11-26-24(12-15-36-26)25(32)18-35-23-8-6-21(29)7-9-23/h3-9,12,15-16,19,25H,10-11,13-14,17-18H2,1-2H3/t25-/m0/s1.